The van der Waals surface area contributed by atoms with Gasteiger partial charge in [0.15, 0.2) is 0 Å². The molecule has 0 spiro atoms. The molecule has 0 saturated carbocycles. The number of fused-ring (bicyclic) bond motifs is 1. The fourth-order valence-corrected chi connectivity index (χ4v) is 6.05. The molecule has 274 valence electrons. The number of aliphatic imine (C=N–C) groups is 1. The van der Waals surface area contributed by atoms with Crippen LogP contribution in [0, 0.1) is 5.92 Å². The molecule has 1 saturated heterocycles. The van der Waals surface area contributed by atoms with Crippen molar-refractivity contribution in [2.75, 3.05) is 26.2 Å². The number of nitrogens with zero attached hydrogens (tertiary/aromatic N) is 4. The van der Waals surface area contributed by atoms with Crippen LogP contribution in [0.2, 0.25) is 0 Å². The van der Waals surface area contributed by atoms with E-state index in [9.17, 15) is 31.5 Å². The topological polar surface area (TPSA) is 81.7 Å². The number of halogens is 5. The maximum Gasteiger partial charge on any atom is 0.422 e. The first-order valence-corrected chi connectivity index (χ1v) is 17.8. The van der Waals surface area contributed by atoms with Crippen LogP contribution in [0.4, 0.5) is 22.0 Å². The zero-order chi connectivity index (χ0) is 36.3. The summed E-state index contributed by atoms with van der Waals surface area (Å²) in [5.74, 6) is -1.82. The van der Waals surface area contributed by atoms with Crippen molar-refractivity contribution < 1.29 is 26.7 Å². The number of aromatic amines is 1. The Labute approximate surface area is 284 Å². The third kappa shape index (κ3) is 13.5. The highest BCUT2D eigenvalue weighted by Crippen LogP contribution is 2.42. The summed E-state index contributed by atoms with van der Waals surface area (Å²) in [4.78, 5) is 30.2. The number of amides is 1. The van der Waals surface area contributed by atoms with Gasteiger partial charge < -0.3 is 9.80 Å². The number of carbonyl (C=O) groups is 1. The molecule has 1 amide bonds. The highest BCUT2D eigenvalue weighted by Gasteiger charge is 2.42. The van der Waals surface area contributed by atoms with Crippen LogP contribution in [-0.2, 0) is 17.4 Å². The first kappa shape index (κ1) is 43.0. The minimum atomic E-state index is -4.61. The molecule has 1 fully saturated rings. The summed E-state index contributed by atoms with van der Waals surface area (Å²) < 4.78 is 66.1. The molecule has 2 aliphatic heterocycles. The van der Waals surface area contributed by atoms with E-state index in [2.05, 4.69) is 29.0 Å². The van der Waals surface area contributed by atoms with Gasteiger partial charge in [0.1, 0.15) is 11.4 Å². The summed E-state index contributed by atoms with van der Waals surface area (Å²) >= 11 is 0. The Morgan fingerprint density at radius 3 is 2.15 bits per heavy atom. The molecular formula is C36H58F5N5O2. The number of unbranched alkanes of at least 4 members (excludes halogenated alkanes) is 5. The van der Waals surface area contributed by atoms with Crippen molar-refractivity contribution in [1.82, 2.24) is 20.0 Å². The fourth-order valence-electron chi connectivity index (χ4n) is 6.05. The number of carbonyl (C=O) groups excluding carboxylic acids is 1. The first-order valence-electron chi connectivity index (χ1n) is 17.8. The van der Waals surface area contributed by atoms with Crippen molar-refractivity contribution in [2.24, 2.45) is 10.9 Å². The van der Waals surface area contributed by atoms with Gasteiger partial charge in [-0.1, -0.05) is 92.6 Å². The molecule has 2 unspecified atom stereocenters. The van der Waals surface area contributed by atoms with Crippen molar-refractivity contribution in [3.63, 3.8) is 0 Å². The number of hydrogen-bond donors (Lipinski definition) is 1. The standard InChI is InChI=1S/C18H27F3N2O.C14H19F2N3O.2C2H6/c1-3-4-5-6-7-8-9-12(2)13-10-11-14-15(18(19,20)21)17(24)23-22-16(13)14;1-14(15,16)12-4-2-3-5-13(17-10-12)19-8-6-18(11-20)7-9-19;2*1-2/h12-13H,3-11H2,1-2H3,(H,23,24);4-5,10-11H,2-3,6-9H2,1H3;2*1-2H3/b;12-4+,13-5?,17-10?;;. The summed E-state index contributed by atoms with van der Waals surface area (Å²) in [5, 5.41) is 6.02. The molecule has 3 heterocycles. The molecule has 3 aliphatic rings. The van der Waals surface area contributed by atoms with Gasteiger partial charge in [-0.2, -0.15) is 18.3 Å². The van der Waals surface area contributed by atoms with E-state index in [0.717, 1.165) is 32.0 Å². The predicted molar refractivity (Wildman–Crippen MR) is 184 cm³/mol. The van der Waals surface area contributed by atoms with Crippen LogP contribution >= 0.6 is 0 Å². The van der Waals surface area contributed by atoms with Gasteiger partial charge in [-0.05, 0) is 43.2 Å². The lowest BCUT2D eigenvalue weighted by molar-refractivity contribution is -0.139. The van der Waals surface area contributed by atoms with E-state index >= 15 is 0 Å². The van der Waals surface area contributed by atoms with E-state index in [1.165, 1.54) is 38.3 Å². The van der Waals surface area contributed by atoms with Crippen molar-refractivity contribution in [1.29, 1.82) is 0 Å². The van der Waals surface area contributed by atoms with Crippen LogP contribution in [0.25, 0.3) is 0 Å². The molecule has 12 heteroatoms. The number of H-pyrrole nitrogens is 1. The number of hydrogen-bond acceptors (Lipinski definition) is 5. The van der Waals surface area contributed by atoms with E-state index in [4.69, 9.17) is 0 Å². The number of rotatable bonds is 11. The lowest BCUT2D eigenvalue weighted by atomic mass is 9.87. The van der Waals surface area contributed by atoms with Gasteiger partial charge in [-0.3, -0.25) is 9.59 Å². The van der Waals surface area contributed by atoms with Crippen molar-refractivity contribution in [3.05, 3.63) is 50.7 Å². The van der Waals surface area contributed by atoms with Crippen molar-refractivity contribution in [3.8, 4) is 0 Å². The monoisotopic (exact) mass is 687 g/mol. The minimum Gasteiger partial charge on any atom is -0.353 e. The summed E-state index contributed by atoms with van der Waals surface area (Å²) in [6.07, 6.45) is 11.5. The number of piperazine rings is 1. The average Bonchev–Trinajstić information content (AvgIpc) is 3.47. The molecule has 4 rings (SSSR count). The molecule has 2 atom stereocenters. The van der Waals surface area contributed by atoms with Crippen LogP contribution in [0.1, 0.15) is 135 Å². The third-order valence-corrected chi connectivity index (χ3v) is 8.64. The van der Waals surface area contributed by atoms with E-state index in [1.54, 1.807) is 11.0 Å². The molecule has 1 aliphatic carbocycles. The molecular weight excluding hydrogens is 629 g/mol. The summed E-state index contributed by atoms with van der Waals surface area (Å²) in [6, 6.07) is 0. The van der Waals surface area contributed by atoms with Crippen LogP contribution in [0.5, 0.6) is 0 Å². The van der Waals surface area contributed by atoms with E-state index in [0.29, 0.717) is 57.6 Å². The second-order valence-corrected chi connectivity index (χ2v) is 12.0. The summed E-state index contributed by atoms with van der Waals surface area (Å²) in [5.41, 5.74) is -1.62. The van der Waals surface area contributed by atoms with Gasteiger partial charge >= 0.3 is 6.18 Å². The fraction of sp³-hybridized carbons (Fsp3) is 0.722. The first-order chi connectivity index (χ1) is 22.9. The Balaban J connectivity index is 0.000000440. The maximum atomic E-state index is 13.3. The average molecular weight is 688 g/mol. The SMILES string of the molecule is CC.CC.CC(F)(F)/C1=C/CCC=C(N2CCN(C=O)CC2)N=C1.CCCCCCCCC(C)C1CCc2c1n[nH]c(=O)c2C(F)(F)F. The van der Waals surface area contributed by atoms with Crippen LogP contribution < -0.4 is 5.56 Å². The van der Waals surface area contributed by atoms with E-state index < -0.39 is 23.2 Å². The zero-order valence-electron chi connectivity index (χ0n) is 30.1. The molecule has 48 heavy (non-hydrogen) atoms. The normalized spacial score (nSPS) is 19.4. The summed E-state index contributed by atoms with van der Waals surface area (Å²) in [6.45, 7) is 15.8. The number of alkyl halides is 5. The molecule has 0 radical (unpaired) electrons. The highest BCUT2D eigenvalue weighted by atomic mass is 19.4. The van der Waals surface area contributed by atoms with Crippen LogP contribution in [-0.4, -0.2) is 64.7 Å². The van der Waals surface area contributed by atoms with Crippen molar-refractivity contribution >= 4 is 12.6 Å². The number of nitrogens with one attached hydrogen (secondary N) is 1. The van der Waals surface area contributed by atoms with Gasteiger partial charge in [0.25, 0.3) is 11.5 Å². The number of allylic oxidation sites excluding steroid dienone is 3. The lowest BCUT2D eigenvalue weighted by Crippen LogP contribution is -2.44. The smallest absolute Gasteiger partial charge is 0.353 e. The molecule has 0 bridgehead atoms. The van der Waals surface area contributed by atoms with Gasteiger partial charge in [0.05, 0.1) is 5.69 Å². The maximum absolute atomic E-state index is 13.3. The van der Waals surface area contributed by atoms with Gasteiger partial charge in [0, 0.05) is 50.8 Å². The Bertz CT molecular complexity index is 1230. The Morgan fingerprint density at radius 2 is 1.56 bits per heavy atom. The summed E-state index contributed by atoms with van der Waals surface area (Å²) in [7, 11) is 0. The van der Waals surface area contributed by atoms with Gasteiger partial charge in [0.2, 0.25) is 6.41 Å². The zero-order valence-corrected chi connectivity index (χ0v) is 30.1. The van der Waals surface area contributed by atoms with Crippen molar-refractivity contribution in [2.45, 2.75) is 137 Å². The molecule has 1 aromatic rings. The predicted octanol–water partition coefficient (Wildman–Crippen LogP) is 9.31. The molecule has 7 nitrogen and oxygen atoms in total. The molecule has 1 N–H and O–H groups in total. The third-order valence-electron chi connectivity index (χ3n) is 8.64. The van der Waals surface area contributed by atoms with E-state index in [1.807, 2.05) is 38.7 Å². The van der Waals surface area contributed by atoms with E-state index in [-0.39, 0.29) is 23.0 Å². The Morgan fingerprint density at radius 1 is 0.958 bits per heavy atom. The van der Waals surface area contributed by atoms with Crippen LogP contribution in [0.15, 0.2) is 33.3 Å². The molecule has 0 aromatic carbocycles. The minimum absolute atomic E-state index is 0.0218. The largest absolute Gasteiger partial charge is 0.422 e. The van der Waals surface area contributed by atoms with Gasteiger partial charge in [-0.15, -0.1) is 0 Å². The number of aromatic nitrogens is 2. The second kappa shape index (κ2) is 21.8. The Hall–Kier alpha value is -3.05. The van der Waals surface area contributed by atoms with Gasteiger partial charge in [-0.25, -0.2) is 18.9 Å². The highest BCUT2D eigenvalue weighted by molar-refractivity contribution is 5.81. The Kier molecular flexibility index (Phi) is 19.5. The van der Waals surface area contributed by atoms with Crippen LogP contribution in [0.3, 0.4) is 0 Å². The second-order valence-electron chi connectivity index (χ2n) is 12.0. The quantitative estimate of drug-likeness (QED) is 0.143. The lowest BCUT2D eigenvalue weighted by Gasteiger charge is -2.34. The molecule has 1 aromatic heterocycles.